The summed E-state index contributed by atoms with van der Waals surface area (Å²) in [5, 5.41) is 0.726. The highest BCUT2D eigenvalue weighted by atomic mass is 35.5. The molecule has 1 aliphatic rings. The van der Waals surface area contributed by atoms with Crippen LogP contribution in [0.2, 0.25) is 5.02 Å². The molecule has 2 atom stereocenters. The Morgan fingerprint density at radius 1 is 1.26 bits per heavy atom. The fourth-order valence-corrected chi connectivity index (χ4v) is 3.70. The Morgan fingerprint density at radius 2 is 2.17 bits per heavy atom. The van der Waals surface area contributed by atoms with Gasteiger partial charge in [0.1, 0.15) is 5.65 Å². The van der Waals surface area contributed by atoms with Crippen LogP contribution in [-0.4, -0.2) is 25.8 Å². The Labute approximate surface area is 140 Å². The standard InChI is InChI=1S/C18H19ClN4/c1-13-7-17(14-3-2-6-20-8-14)22(9-13)11-16-12-23-10-15(19)4-5-18(23)21-16/h2-6,8,10,12-13,17H,7,9,11H2,1H3/t13-,17+/m0/s1. The van der Waals surface area contributed by atoms with E-state index < -0.39 is 0 Å². The predicted octanol–water partition coefficient (Wildman–Crippen LogP) is 3.97. The summed E-state index contributed by atoms with van der Waals surface area (Å²) in [4.78, 5) is 11.5. The highest BCUT2D eigenvalue weighted by molar-refractivity contribution is 6.30. The van der Waals surface area contributed by atoms with Crippen LogP contribution in [0.15, 0.2) is 49.1 Å². The van der Waals surface area contributed by atoms with E-state index in [-0.39, 0.29) is 0 Å². The van der Waals surface area contributed by atoms with Crippen molar-refractivity contribution in [2.24, 2.45) is 5.92 Å². The van der Waals surface area contributed by atoms with Gasteiger partial charge in [-0.3, -0.25) is 9.88 Å². The van der Waals surface area contributed by atoms with Gasteiger partial charge in [-0.1, -0.05) is 24.6 Å². The topological polar surface area (TPSA) is 33.4 Å². The minimum Gasteiger partial charge on any atom is -0.305 e. The van der Waals surface area contributed by atoms with Crippen molar-refractivity contribution in [1.29, 1.82) is 0 Å². The number of halogens is 1. The maximum atomic E-state index is 6.05. The zero-order valence-electron chi connectivity index (χ0n) is 13.1. The van der Waals surface area contributed by atoms with Crippen molar-refractivity contribution < 1.29 is 0 Å². The van der Waals surface area contributed by atoms with Gasteiger partial charge in [-0.05, 0) is 36.1 Å². The summed E-state index contributed by atoms with van der Waals surface area (Å²) in [5.41, 5.74) is 3.31. The number of likely N-dealkylation sites (tertiary alicyclic amines) is 1. The molecular formula is C18H19ClN4. The summed E-state index contributed by atoms with van der Waals surface area (Å²) in [6, 6.07) is 8.45. The van der Waals surface area contributed by atoms with Crippen LogP contribution in [0, 0.1) is 5.92 Å². The van der Waals surface area contributed by atoms with Gasteiger partial charge in [-0.15, -0.1) is 0 Å². The first-order chi connectivity index (χ1) is 11.2. The molecule has 1 saturated heterocycles. The van der Waals surface area contributed by atoms with Crippen LogP contribution in [-0.2, 0) is 6.54 Å². The van der Waals surface area contributed by atoms with E-state index in [0.717, 1.165) is 29.5 Å². The third-order valence-electron chi connectivity index (χ3n) is 4.51. The zero-order valence-corrected chi connectivity index (χ0v) is 13.8. The van der Waals surface area contributed by atoms with Gasteiger partial charge in [-0.25, -0.2) is 4.98 Å². The van der Waals surface area contributed by atoms with Crippen molar-refractivity contribution in [3.63, 3.8) is 0 Å². The smallest absolute Gasteiger partial charge is 0.137 e. The van der Waals surface area contributed by atoms with E-state index >= 15 is 0 Å². The van der Waals surface area contributed by atoms with Crippen LogP contribution in [0.3, 0.4) is 0 Å². The van der Waals surface area contributed by atoms with Crippen LogP contribution in [0.5, 0.6) is 0 Å². The maximum absolute atomic E-state index is 6.05. The van der Waals surface area contributed by atoms with Crippen LogP contribution in [0.1, 0.15) is 30.6 Å². The molecule has 0 unspecified atom stereocenters. The van der Waals surface area contributed by atoms with Crippen LogP contribution in [0.25, 0.3) is 5.65 Å². The third kappa shape index (κ3) is 2.96. The third-order valence-corrected chi connectivity index (χ3v) is 4.74. The van der Waals surface area contributed by atoms with E-state index in [1.54, 1.807) is 0 Å². The molecule has 1 aliphatic heterocycles. The van der Waals surface area contributed by atoms with Gasteiger partial charge in [0, 0.05) is 43.9 Å². The Hall–Kier alpha value is -1.91. The van der Waals surface area contributed by atoms with Crippen LogP contribution >= 0.6 is 11.6 Å². The number of imidazole rings is 1. The maximum Gasteiger partial charge on any atom is 0.137 e. The van der Waals surface area contributed by atoms with Crippen molar-refractivity contribution in [2.75, 3.05) is 6.54 Å². The second-order valence-corrected chi connectivity index (χ2v) is 6.85. The fourth-order valence-electron chi connectivity index (χ4n) is 3.53. The second-order valence-electron chi connectivity index (χ2n) is 6.42. The van der Waals surface area contributed by atoms with Gasteiger partial charge < -0.3 is 4.40 Å². The molecule has 3 aromatic rings. The molecule has 5 heteroatoms. The fraction of sp³-hybridized carbons (Fsp3) is 0.333. The van der Waals surface area contributed by atoms with E-state index in [1.165, 1.54) is 12.0 Å². The van der Waals surface area contributed by atoms with E-state index in [2.05, 4.69) is 29.1 Å². The van der Waals surface area contributed by atoms with Crippen LogP contribution < -0.4 is 0 Å². The van der Waals surface area contributed by atoms with Crippen molar-refractivity contribution in [1.82, 2.24) is 19.3 Å². The number of nitrogens with zero attached hydrogens (tertiary/aromatic N) is 4. The van der Waals surface area contributed by atoms with Crippen LogP contribution in [0.4, 0.5) is 0 Å². The van der Waals surface area contributed by atoms with Gasteiger partial charge in [-0.2, -0.15) is 0 Å². The number of aromatic nitrogens is 3. The normalized spacial score (nSPS) is 22.0. The molecule has 0 aliphatic carbocycles. The molecule has 4 nitrogen and oxygen atoms in total. The lowest BCUT2D eigenvalue weighted by Gasteiger charge is -2.23. The lowest BCUT2D eigenvalue weighted by molar-refractivity contribution is 0.242. The number of pyridine rings is 2. The molecule has 118 valence electrons. The van der Waals surface area contributed by atoms with Crippen molar-refractivity contribution in [2.45, 2.75) is 25.9 Å². The monoisotopic (exact) mass is 326 g/mol. The quantitative estimate of drug-likeness (QED) is 0.730. The average Bonchev–Trinajstić information content (AvgIpc) is 3.10. The summed E-state index contributed by atoms with van der Waals surface area (Å²) in [6.45, 7) is 4.25. The number of hydrogen-bond donors (Lipinski definition) is 0. The molecule has 3 aromatic heterocycles. The molecule has 4 rings (SSSR count). The Balaban J connectivity index is 1.60. The summed E-state index contributed by atoms with van der Waals surface area (Å²) in [5.74, 6) is 0.687. The number of hydrogen-bond acceptors (Lipinski definition) is 3. The van der Waals surface area contributed by atoms with Gasteiger partial charge >= 0.3 is 0 Å². The van der Waals surface area contributed by atoms with Crippen molar-refractivity contribution in [3.8, 4) is 0 Å². The lowest BCUT2D eigenvalue weighted by atomic mass is 10.0. The molecule has 0 amide bonds. The second kappa shape index (κ2) is 5.95. The zero-order chi connectivity index (χ0) is 15.8. The number of rotatable bonds is 3. The molecule has 0 aromatic carbocycles. The molecular weight excluding hydrogens is 308 g/mol. The Morgan fingerprint density at radius 3 is 3.00 bits per heavy atom. The minimum atomic E-state index is 0.423. The summed E-state index contributed by atoms with van der Waals surface area (Å²) >= 11 is 6.05. The molecule has 0 spiro atoms. The first-order valence-electron chi connectivity index (χ1n) is 7.96. The minimum absolute atomic E-state index is 0.423. The van der Waals surface area contributed by atoms with E-state index in [4.69, 9.17) is 16.6 Å². The molecule has 0 N–H and O–H groups in total. The summed E-state index contributed by atoms with van der Waals surface area (Å²) < 4.78 is 2.00. The lowest BCUT2D eigenvalue weighted by Crippen LogP contribution is -2.23. The average molecular weight is 327 g/mol. The molecule has 1 fully saturated rings. The number of fused-ring (bicyclic) bond motifs is 1. The van der Waals surface area contributed by atoms with E-state index in [9.17, 15) is 0 Å². The molecule has 23 heavy (non-hydrogen) atoms. The largest absolute Gasteiger partial charge is 0.305 e. The molecule has 4 heterocycles. The van der Waals surface area contributed by atoms with E-state index in [0.29, 0.717) is 12.0 Å². The molecule has 0 bridgehead atoms. The van der Waals surface area contributed by atoms with Gasteiger partial charge in [0.2, 0.25) is 0 Å². The summed E-state index contributed by atoms with van der Waals surface area (Å²) in [7, 11) is 0. The van der Waals surface area contributed by atoms with E-state index in [1.807, 2.05) is 41.2 Å². The Kier molecular flexibility index (Phi) is 3.79. The van der Waals surface area contributed by atoms with Gasteiger partial charge in [0.05, 0.1) is 10.7 Å². The molecule has 0 saturated carbocycles. The van der Waals surface area contributed by atoms with Gasteiger partial charge in [0.15, 0.2) is 0 Å². The summed E-state index contributed by atoms with van der Waals surface area (Å²) in [6.07, 6.45) is 8.96. The SMILES string of the molecule is C[C@H]1C[C@H](c2cccnc2)N(Cc2cn3cc(Cl)ccc3n2)C1. The van der Waals surface area contributed by atoms with Crippen molar-refractivity contribution >= 4 is 17.2 Å². The highest BCUT2D eigenvalue weighted by Crippen LogP contribution is 2.35. The van der Waals surface area contributed by atoms with Crippen molar-refractivity contribution in [3.05, 3.63) is 65.3 Å². The first kappa shape index (κ1) is 14.7. The Bertz CT molecular complexity index is 814. The van der Waals surface area contributed by atoms with Gasteiger partial charge in [0.25, 0.3) is 0 Å². The highest BCUT2D eigenvalue weighted by Gasteiger charge is 2.31. The first-order valence-corrected chi connectivity index (χ1v) is 8.34. The predicted molar refractivity (Wildman–Crippen MR) is 91.4 cm³/mol. The molecule has 0 radical (unpaired) electrons.